The van der Waals surface area contributed by atoms with E-state index in [0.29, 0.717) is 13.1 Å². The quantitative estimate of drug-likeness (QED) is 0.813. The van der Waals surface area contributed by atoms with E-state index in [-0.39, 0.29) is 32.8 Å². The van der Waals surface area contributed by atoms with Crippen LogP contribution in [0.4, 0.5) is 0 Å². The molecular weight excluding hydrogens is 374 g/mol. The maximum Gasteiger partial charge on any atom is 0.255 e. The van der Waals surface area contributed by atoms with Crippen LogP contribution in [0, 0.1) is 5.41 Å². The average Bonchev–Trinajstić information content (AvgIpc) is 3.01. The molecule has 0 aromatic heterocycles. The Hall–Kier alpha value is -1.15. The summed E-state index contributed by atoms with van der Waals surface area (Å²) in [5.74, 6) is -0.192. The van der Waals surface area contributed by atoms with E-state index in [9.17, 15) is 13.2 Å². The zero-order chi connectivity index (χ0) is 18.9. The molecule has 2 saturated heterocycles. The zero-order valence-electron chi connectivity index (χ0n) is 15.2. The second-order valence-corrected chi connectivity index (χ2v) is 9.80. The number of rotatable bonds is 4. The summed E-state index contributed by atoms with van der Waals surface area (Å²) in [6.45, 7) is 6.79. The number of sulfonamides is 1. The van der Waals surface area contributed by atoms with E-state index in [1.54, 1.807) is 13.8 Å². The maximum atomic E-state index is 13.1. The fourth-order valence-corrected chi connectivity index (χ4v) is 5.38. The van der Waals surface area contributed by atoms with Crippen LogP contribution >= 0.6 is 11.6 Å². The molecule has 2 heterocycles. The number of carbonyl (C=O) groups excluding carboxylic acids is 1. The number of nitrogens with zero attached hydrogens (tertiary/aromatic N) is 1. The number of hydrogen-bond donors (Lipinski definition) is 2. The summed E-state index contributed by atoms with van der Waals surface area (Å²) in [6.07, 6.45) is 3.14. The first-order valence-electron chi connectivity index (χ1n) is 9.04. The van der Waals surface area contributed by atoms with Gasteiger partial charge in [0, 0.05) is 31.1 Å². The van der Waals surface area contributed by atoms with E-state index in [4.69, 9.17) is 11.6 Å². The molecule has 0 saturated carbocycles. The standard InChI is InChI=1S/C18H26ClN3O3S/c1-13(2)21-26(24,25)14-4-5-16(19)15(10-14)17(23)22-9-3-6-18(12-22)7-8-20-11-18/h4-5,10,13,20-21H,3,6-9,11-12H2,1-2H3. The molecule has 0 radical (unpaired) electrons. The largest absolute Gasteiger partial charge is 0.338 e. The van der Waals surface area contributed by atoms with Crippen LogP contribution in [-0.2, 0) is 10.0 Å². The van der Waals surface area contributed by atoms with Gasteiger partial charge in [0.15, 0.2) is 0 Å². The molecule has 144 valence electrons. The van der Waals surface area contributed by atoms with E-state index in [1.165, 1.54) is 18.2 Å². The van der Waals surface area contributed by atoms with Gasteiger partial charge in [0.25, 0.3) is 5.91 Å². The lowest BCUT2D eigenvalue weighted by Gasteiger charge is -2.40. The van der Waals surface area contributed by atoms with Crippen molar-refractivity contribution in [3.05, 3.63) is 28.8 Å². The minimum absolute atomic E-state index is 0.0632. The number of nitrogens with one attached hydrogen (secondary N) is 2. The molecule has 1 atom stereocenters. The van der Waals surface area contributed by atoms with Crippen LogP contribution in [-0.4, -0.2) is 51.4 Å². The zero-order valence-corrected chi connectivity index (χ0v) is 16.8. The summed E-state index contributed by atoms with van der Waals surface area (Å²) in [7, 11) is -3.67. The van der Waals surface area contributed by atoms with Gasteiger partial charge in [0.1, 0.15) is 0 Å². The summed E-state index contributed by atoms with van der Waals surface area (Å²) in [6, 6.07) is 4.08. The molecular formula is C18H26ClN3O3S. The lowest BCUT2D eigenvalue weighted by molar-refractivity contribution is 0.0553. The number of carbonyl (C=O) groups is 1. The highest BCUT2D eigenvalue weighted by Crippen LogP contribution is 2.36. The highest BCUT2D eigenvalue weighted by molar-refractivity contribution is 7.89. The van der Waals surface area contributed by atoms with Gasteiger partial charge in [-0.1, -0.05) is 11.6 Å². The number of likely N-dealkylation sites (tertiary alicyclic amines) is 1. The van der Waals surface area contributed by atoms with Gasteiger partial charge in [-0.05, 0) is 57.9 Å². The van der Waals surface area contributed by atoms with E-state index in [2.05, 4.69) is 10.0 Å². The highest BCUT2D eigenvalue weighted by Gasteiger charge is 2.39. The number of hydrogen-bond acceptors (Lipinski definition) is 4. The minimum atomic E-state index is -3.67. The average molecular weight is 400 g/mol. The van der Waals surface area contributed by atoms with Crippen LogP contribution in [0.15, 0.2) is 23.1 Å². The fourth-order valence-electron chi connectivity index (χ4n) is 3.91. The highest BCUT2D eigenvalue weighted by atomic mass is 35.5. The van der Waals surface area contributed by atoms with Crippen molar-refractivity contribution < 1.29 is 13.2 Å². The Morgan fingerprint density at radius 1 is 1.35 bits per heavy atom. The third kappa shape index (κ3) is 4.06. The van der Waals surface area contributed by atoms with Gasteiger partial charge in [0.05, 0.1) is 15.5 Å². The molecule has 2 aliphatic rings. The van der Waals surface area contributed by atoms with Crippen LogP contribution in [0.1, 0.15) is 43.5 Å². The van der Waals surface area contributed by atoms with Crippen molar-refractivity contribution in [1.82, 2.24) is 14.9 Å². The van der Waals surface area contributed by atoms with Crippen LogP contribution in [0.25, 0.3) is 0 Å². The molecule has 26 heavy (non-hydrogen) atoms. The molecule has 8 heteroatoms. The maximum absolute atomic E-state index is 13.1. The predicted octanol–water partition coefficient (Wildman–Crippen LogP) is 2.24. The van der Waals surface area contributed by atoms with E-state index in [1.807, 2.05) is 4.90 Å². The van der Waals surface area contributed by atoms with Gasteiger partial charge in [-0.15, -0.1) is 0 Å². The number of amides is 1. The van der Waals surface area contributed by atoms with Gasteiger partial charge >= 0.3 is 0 Å². The van der Waals surface area contributed by atoms with Gasteiger partial charge < -0.3 is 10.2 Å². The summed E-state index contributed by atoms with van der Waals surface area (Å²) in [4.78, 5) is 15.0. The molecule has 1 aromatic carbocycles. The summed E-state index contributed by atoms with van der Waals surface area (Å²) < 4.78 is 27.4. The van der Waals surface area contributed by atoms with Gasteiger partial charge in [0.2, 0.25) is 10.0 Å². The Labute approximate surface area is 160 Å². The summed E-state index contributed by atoms with van der Waals surface area (Å²) in [5.41, 5.74) is 0.393. The smallest absolute Gasteiger partial charge is 0.255 e. The van der Waals surface area contributed by atoms with Crippen LogP contribution < -0.4 is 10.0 Å². The Balaban J connectivity index is 1.86. The summed E-state index contributed by atoms with van der Waals surface area (Å²) in [5, 5.41) is 3.67. The van der Waals surface area contributed by atoms with Crippen LogP contribution in [0.3, 0.4) is 0 Å². The molecule has 1 aromatic rings. The molecule has 1 unspecified atom stereocenters. The third-order valence-electron chi connectivity index (χ3n) is 5.15. The molecule has 1 amide bonds. The molecule has 6 nitrogen and oxygen atoms in total. The Morgan fingerprint density at radius 2 is 2.12 bits per heavy atom. The van der Waals surface area contributed by atoms with Crippen molar-refractivity contribution in [1.29, 1.82) is 0 Å². The monoisotopic (exact) mass is 399 g/mol. The van der Waals surface area contributed by atoms with E-state index < -0.39 is 10.0 Å². The summed E-state index contributed by atoms with van der Waals surface area (Å²) >= 11 is 6.24. The first-order valence-corrected chi connectivity index (χ1v) is 10.9. The fraction of sp³-hybridized carbons (Fsp3) is 0.611. The molecule has 0 bridgehead atoms. The minimum Gasteiger partial charge on any atom is -0.338 e. The van der Waals surface area contributed by atoms with Crippen molar-refractivity contribution in [2.45, 2.75) is 44.0 Å². The van der Waals surface area contributed by atoms with Crippen molar-refractivity contribution in [3.63, 3.8) is 0 Å². The van der Waals surface area contributed by atoms with Crippen molar-refractivity contribution in [2.24, 2.45) is 5.41 Å². The van der Waals surface area contributed by atoms with Gasteiger partial charge in [-0.2, -0.15) is 0 Å². The van der Waals surface area contributed by atoms with E-state index in [0.717, 1.165) is 32.4 Å². The van der Waals surface area contributed by atoms with Crippen molar-refractivity contribution >= 4 is 27.5 Å². The molecule has 2 fully saturated rings. The first kappa shape index (κ1) is 19.6. The number of halogens is 1. The lowest BCUT2D eigenvalue weighted by atomic mass is 9.79. The first-order chi connectivity index (χ1) is 12.2. The van der Waals surface area contributed by atoms with Crippen LogP contribution in [0.5, 0.6) is 0 Å². The molecule has 3 rings (SSSR count). The topological polar surface area (TPSA) is 78.5 Å². The number of piperidine rings is 1. The van der Waals surface area contributed by atoms with Gasteiger partial charge in [-0.25, -0.2) is 13.1 Å². The van der Waals surface area contributed by atoms with Crippen molar-refractivity contribution in [2.75, 3.05) is 26.2 Å². The van der Waals surface area contributed by atoms with E-state index >= 15 is 0 Å². The normalized spacial score (nSPS) is 23.8. The second kappa shape index (κ2) is 7.46. The molecule has 2 N–H and O–H groups in total. The van der Waals surface area contributed by atoms with Crippen LogP contribution in [0.2, 0.25) is 5.02 Å². The molecule has 0 aliphatic carbocycles. The van der Waals surface area contributed by atoms with Crippen molar-refractivity contribution in [3.8, 4) is 0 Å². The Morgan fingerprint density at radius 3 is 2.77 bits per heavy atom. The SMILES string of the molecule is CC(C)NS(=O)(=O)c1ccc(Cl)c(C(=O)N2CCCC3(CCNC3)C2)c1. The Kier molecular flexibility index (Phi) is 5.63. The lowest BCUT2D eigenvalue weighted by Crippen LogP contribution is -2.47. The molecule has 2 aliphatic heterocycles. The molecule has 1 spiro atoms. The number of benzene rings is 1. The Bertz CT molecular complexity index is 789. The predicted molar refractivity (Wildman–Crippen MR) is 102 cm³/mol. The van der Waals surface area contributed by atoms with Gasteiger partial charge in [-0.3, -0.25) is 4.79 Å². The third-order valence-corrected chi connectivity index (χ3v) is 7.14. The second-order valence-electron chi connectivity index (χ2n) is 7.67.